The van der Waals surface area contributed by atoms with Crippen LogP contribution in [0.2, 0.25) is 0 Å². The molecular formula is C26H22I2N4O3. The van der Waals surface area contributed by atoms with Crippen molar-refractivity contribution in [1.82, 2.24) is 5.43 Å². The van der Waals surface area contributed by atoms with Crippen LogP contribution >= 0.6 is 45.2 Å². The summed E-state index contributed by atoms with van der Waals surface area (Å²) < 4.78 is 7.76. The highest BCUT2D eigenvalue weighted by Crippen LogP contribution is 2.29. The molecule has 0 spiro atoms. The lowest BCUT2D eigenvalue weighted by Gasteiger charge is -2.11. The van der Waals surface area contributed by atoms with Crippen molar-refractivity contribution in [2.45, 2.75) is 26.4 Å². The normalized spacial score (nSPS) is 10.6. The zero-order chi connectivity index (χ0) is 25.2. The zero-order valence-corrected chi connectivity index (χ0v) is 23.2. The lowest BCUT2D eigenvalue weighted by atomic mass is 10.1. The van der Waals surface area contributed by atoms with Crippen LogP contribution in [-0.4, -0.2) is 18.0 Å². The van der Waals surface area contributed by atoms with Crippen LogP contribution in [0.15, 0.2) is 65.8 Å². The van der Waals surface area contributed by atoms with Gasteiger partial charge in [0.05, 0.1) is 25.0 Å². The Kier molecular flexibility index (Phi) is 10.0. The number of hydrogen-bond acceptors (Lipinski definition) is 5. The van der Waals surface area contributed by atoms with Gasteiger partial charge in [-0.25, -0.2) is 5.43 Å². The maximum Gasteiger partial charge on any atom is 0.249 e. The monoisotopic (exact) mass is 692 g/mol. The molecule has 7 nitrogen and oxygen atoms in total. The molecule has 0 unspecified atom stereocenters. The second-order valence-electron chi connectivity index (χ2n) is 7.44. The Balaban J connectivity index is 1.53. The molecule has 0 saturated heterocycles. The first-order valence-corrected chi connectivity index (χ1v) is 12.9. The number of anilines is 1. The number of nitriles is 1. The largest absolute Gasteiger partial charge is 0.487 e. The van der Waals surface area contributed by atoms with E-state index in [1.165, 1.54) is 6.21 Å². The highest BCUT2D eigenvalue weighted by atomic mass is 127. The van der Waals surface area contributed by atoms with Gasteiger partial charge in [-0.1, -0.05) is 37.3 Å². The van der Waals surface area contributed by atoms with E-state index >= 15 is 0 Å². The molecule has 9 heteroatoms. The fourth-order valence-electron chi connectivity index (χ4n) is 3.13. The Morgan fingerprint density at radius 1 is 1.06 bits per heavy atom. The van der Waals surface area contributed by atoms with Crippen molar-refractivity contribution in [3.8, 4) is 11.8 Å². The minimum Gasteiger partial charge on any atom is -0.487 e. The van der Waals surface area contributed by atoms with Crippen molar-refractivity contribution in [2.75, 3.05) is 5.32 Å². The van der Waals surface area contributed by atoms with E-state index in [4.69, 9.17) is 10.00 Å². The first kappa shape index (κ1) is 26.6. The molecule has 3 aromatic rings. The molecule has 0 heterocycles. The summed E-state index contributed by atoms with van der Waals surface area (Å²) >= 11 is 4.38. The lowest BCUT2D eigenvalue weighted by Crippen LogP contribution is -2.25. The maximum atomic E-state index is 12.2. The fraction of sp³-hybridized carbons (Fsp3) is 0.154. The Bertz CT molecular complexity index is 1260. The van der Waals surface area contributed by atoms with E-state index in [-0.39, 0.29) is 6.42 Å². The third kappa shape index (κ3) is 8.03. The third-order valence-electron chi connectivity index (χ3n) is 4.88. The minimum absolute atomic E-state index is 0.327. The molecule has 0 fully saturated rings. The van der Waals surface area contributed by atoms with Crippen LogP contribution in [0.1, 0.15) is 35.6 Å². The SMILES string of the molecule is CCc1ccccc1NC(=O)CC(=O)NN=Cc1cc(I)c(OCc2ccc(C#N)cc2)c(I)c1. The molecule has 0 radical (unpaired) electrons. The smallest absolute Gasteiger partial charge is 0.249 e. The number of aryl methyl sites for hydroxylation is 1. The van der Waals surface area contributed by atoms with Gasteiger partial charge in [0.25, 0.3) is 0 Å². The Morgan fingerprint density at radius 2 is 1.74 bits per heavy atom. The Morgan fingerprint density at radius 3 is 2.40 bits per heavy atom. The second-order valence-corrected chi connectivity index (χ2v) is 9.76. The van der Waals surface area contributed by atoms with E-state index in [1.807, 2.05) is 55.5 Å². The Labute approximate surface area is 231 Å². The van der Waals surface area contributed by atoms with Gasteiger partial charge in [-0.05, 0) is 98.6 Å². The summed E-state index contributed by atoms with van der Waals surface area (Å²) in [5, 5.41) is 15.7. The first-order valence-electron chi connectivity index (χ1n) is 10.7. The van der Waals surface area contributed by atoms with Crippen LogP contribution in [0.25, 0.3) is 0 Å². The van der Waals surface area contributed by atoms with Crippen molar-refractivity contribution in [1.29, 1.82) is 5.26 Å². The van der Waals surface area contributed by atoms with Crippen molar-refractivity contribution in [2.24, 2.45) is 5.10 Å². The zero-order valence-electron chi connectivity index (χ0n) is 18.8. The van der Waals surface area contributed by atoms with Crippen LogP contribution in [-0.2, 0) is 22.6 Å². The molecule has 0 aromatic heterocycles. The number of hydrogen-bond donors (Lipinski definition) is 2. The van der Waals surface area contributed by atoms with E-state index in [2.05, 4.69) is 67.1 Å². The second kappa shape index (κ2) is 13.2. The fourth-order valence-corrected chi connectivity index (χ4v) is 5.26. The Hall–Kier alpha value is -2.98. The number of carbonyl (C=O) groups is 2. The van der Waals surface area contributed by atoms with Gasteiger partial charge in [0.1, 0.15) is 18.8 Å². The van der Waals surface area contributed by atoms with Gasteiger partial charge in [0.2, 0.25) is 11.8 Å². The van der Waals surface area contributed by atoms with Crippen LogP contribution in [0, 0.1) is 18.5 Å². The number of halogens is 2. The standard InChI is InChI=1S/C26H22I2N4O3/c1-2-20-5-3-4-6-23(20)31-24(33)13-25(34)32-30-15-19-11-21(27)26(22(28)12-19)35-16-18-9-7-17(14-29)8-10-18/h3-12,15H,2,13,16H2,1H3,(H,31,33)(H,32,34). The molecule has 35 heavy (non-hydrogen) atoms. The molecule has 0 bridgehead atoms. The average Bonchev–Trinajstić information content (AvgIpc) is 2.84. The van der Waals surface area contributed by atoms with E-state index in [9.17, 15) is 9.59 Å². The molecule has 2 N–H and O–H groups in total. The maximum absolute atomic E-state index is 12.2. The first-order chi connectivity index (χ1) is 16.9. The lowest BCUT2D eigenvalue weighted by molar-refractivity contribution is -0.126. The molecule has 0 aliphatic carbocycles. The van der Waals surface area contributed by atoms with Gasteiger partial charge < -0.3 is 10.1 Å². The number of nitrogens with one attached hydrogen (secondary N) is 2. The van der Waals surface area contributed by atoms with Crippen molar-refractivity contribution >= 4 is 68.9 Å². The van der Waals surface area contributed by atoms with Gasteiger partial charge in [-0.15, -0.1) is 0 Å². The summed E-state index contributed by atoms with van der Waals surface area (Å²) in [5.74, 6) is -0.147. The van der Waals surface area contributed by atoms with Crippen LogP contribution in [0.3, 0.4) is 0 Å². The molecule has 0 aliphatic heterocycles. The van der Waals surface area contributed by atoms with E-state index in [0.717, 1.165) is 36.0 Å². The summed E-state index contributed by atoms with van der Waals surface area (Å²) in [6.07, 6.45) is 1.98. The number of nitrogens with zero attached hydrogens (tertiary/aromatic N) is 2. The topological polar surface area (TPSA) is 104 Å². The molecule has 2 amide bonds. The summed E-state index contributed by atoms with van der Waals surface area (Å²) in [7, 11) is 0. The number of carbonyl (C=O) groups excluding carboxylic acids is 2. The number of hydrazone groups is 1. The number of ether oxygens (including phenoxy) is 1. The summed E-state index contributed by atoms with van der Waals surface area (Å²) in [4.78, 5) is 24.3. The number of amides is 2. The average molecular weight is 692 g/mol. The predicted octanol–water partition coefficient (Wildman–Crippen LogP) is 5.39. The van der Waals surface area contributed by atoms with E-state index in [0.29, 0.717) is 17.9 Å². The minimum atomic E-state index is -0.500. The predicted molar refractivity (Wildman–Crippen MR) is 152 cm³/mol. The van der Waals surface area contributed by atoms with Gasteiger partial charge in [0.15, 0.2) is 0 Å². The van der Waals surface area contributed by atoms with Crippen molar-refractivity contribution in [3.63, 3.8) is 0 Å². The molecule has 178 valence electrons. The number of para-hydroxylation sites is 1. The van der Waals surface area contributed by atoms with Crippen molar-refractivity contribution in [3.05, 3.63) is 90.1 Å². The van der Waals surface area contributed by atoms with E-state index < -0.39 is 11.8 Å². The molecule has 0 atom stereocenters. The molecule has 3 aromatic carbocycles. The number of rotatable bonds is 9. The van der Waals surface area contributed by atoms with Gasteiger partial charge >= 0.3 is 0 Å². The number of benzene rings is 3. The van der Waals surface area contributed by atoms with Crippen molar-refractivity contribution < 1.29 is 14.3 Å². The van der Waals surface area contributed by atoms with Crippen LogP contribution < -0.4 is 15.5 Å². The summed E-state index contributed by atoms with van der Waals surface area (Å²) in [6.45, 7) is 2.38. The van der Waals surface area contributed by atoms with Crippen LogP contribution in [0.4, 0.5) is 5.69 Å². The van der Waals surface area contributed by atoms with E-state index in [1.54, 1.807) is 12.1 Å². The highest BCUT2D eigenvalue weighted by Gasteiger charge is 2.11. The molecular weight excluding hydrogens is 670 g/mol. The van der Waals surface area contributed by atoms with Gasteiger partial charge in [-0.3, -0.25) is 9.59 Å². The summed E-state index contributed by atoms with van der Waals surface area (Å²) in [5.41, 5.74) is 6.47. The quantitative estimate of drug-likeness (QED) is 0.136. The van der Waals surface area contributed by atoms with Crippen LogP contribution in [0.5, 0.6) is 5.75 Å². The van der Waals surface area contributed by atoms with Gasteiger partial charge in [0, 0.05) is 5.69 Å². The molecule has 3 rings (SSSR count). The summed E-state index contributed by atoms with van der Waals surface area (Å²) in [6, 6.07) is 20.6. The molecule has 0 saturated carbocycles. The highest BCUT2D eigenvalue weighted by molar-refractivity contribution is 14.1. The molecule has 0 aliphatic rings. The third-order valence-corrected chi connectivity index (χ3v) is 6.49. The van der Waals surface area contributed by atoms with Gasteiger partial charge in [-0.2, -0.15) is 10.4 Å².